The molecule has 1 N–H and O–H groups in total. The Hall–Kier alpha value is -3.61. The molecule has 0 bridgehead atoms. The fraction of sp³-hybridized carbons (Fsp3) is 0.190. The van der Waals surface area contributed by atoms with Crippen molar-refractivity contribution in [2.24, 2.45) is 0 Å². The Morgan fingerprint density at radius 2 is 1.71 bits per heavy atom. The summed E-state index contributed by atoms with van der Waals surface area (Å²) in [5.74, 6) is -0.894. The highest BCUT2D eigenvalue weighted by Crippen LogP contribution is 2.29. The Morgan fingerprint density at radius 1 is 1.00 bits per heavy atom. The molecule has 1 amide bonds. The Morgan fingerprint density at radius 3 is 2.39 bits per heavy atom. The van der Waals surface area contributed by atoms with E-state index in [4.69, 9.17) is 14.2 Å². The summed E-state index contributed by atoms with van der Waals surface area (Å²) in [6.45, 7) is 6.83. The van der Waals surface area contributed by atoms with Crippen LogP contribution in [0.15, 0.2) is 60.7 Å². The monoisotopic (exact) mass is 383 g/mol. The standard InChI is InChI=1S/C21H21NO6/c1-14(2)19(23)26-12-11-22-21(25)28-18-13-15(3)9-10-17(18)27-20(24)16-7-5-4-6-8-16/h4-10,13H,1,11-12H2,2-3H3,(H,22,25). The first-order valence-corrected chi connectivity index (χ1v) is 8.53. The van der Waals surface area contributed by atoms with Gasteiger partial charge in [0, 0.05) is 5.57 Å². The number of rotatable bonds is 7. The van der Waals surface area contributed by atoms with Crippen LogP contribution in [0.5, 0.6) is 11.5 Å². The van der Waals surface area contributed by atoms with Crippen LogP contribution >= 0.6 is 0 Å². The molecule has 0 spiro atoms. The van der Waals surface area contributed by atoms with Crippen molar-refractivity contribution < 1.29 is 28.6 Å². The van der Waals surface area contributed by atoms with Gasteiger partial charge in [-0.05, 0) is 43.7 Å². The normalized spacial score (nSPS) is 9.93. The van der Waals surface area contributed by atoms with Crippen molar-refractivity contribution in [2.45, 2.75) is 13.8 Å². The molecule has 146 valence electrons. The van der Waals surface area contributed by atoms with Gasteiger partial charge in [0.25, 0.3) is 0 Å². The SMILES string of the molecule is C=C(C)C(=O)OCCNC(=O)Oc1cc(C)ccc1OC(=O)c1ccccc1. The van der Waals surface area contributed by atoms with Crippen LogP contribution in [0.1, 0.15) is 22.8 Å². The molecule has 0 aliphatic heterocycles. The lowest BCUT2D eigenvalue weighted by atomic mass is 10.2. The molecular formula is C21H21NO6. The van der Waals surface area contributed by atoms with E-state index in [-0.39, 0.29) is 30.2 Å². The van der Waals surface area contributed by atoms with E-state index in [0.717, 1.165) is 5.56 Å². The quantitative estimate of drug-likeness (QED) is 0.341. The summed E-state index contributed by atoms with van der Waals surface area (Å²) < 4.78 is 15.5. The summed E-state index contributed by atoms with van der Waals surface area (Å²) in [4.78, 5) is 35.5. The fourth-order valence-corrected chi connectivity index (χ4v) is 2.07. The van der Waals surface area contributed by atoms with Crippen molar-refractivity contribution in [1.29, 1.82) is 0 Å². The number of benzene rings is 2. The number of hydrogen-bond donors (Lipinski definition) is 1. The highest BCUT2D eigenvalue weighted by atomic mass is 16.6. The molecule has 0 saturated heterocycles. The number of nitrogens with one attached hydrogen (secondary N) is 1. The van der Waals surface area contributed by atoms with Gasteiger partial charge in [0.1, 0.15) is 6.61 Å². The van der Waals surface area contributed by atoms with Crippen LogP contribution < -0.4 is 14.8 Å². The van der Waals surface area contributed by atoms with Crippen molar-refractivity contribution in [2.75, 3.05) is 13.2 Å². The second-order valence-corrected chi connectivity index (χ2v) is 5.94. The predicted molar refractivity (Wildman–Crippen MR) is 102 cm³/mol. The third-order valence-corrected chi connectivity index (χ3v) is 3.47. The van der Waals surface area contributed by atoms with E-state index >= 15 is 0 Å². The molecule has 2 rings (SSSR count). The topological polar surface area (TPSA) is 90.9 Å². The molecule has 7 heteroatoms. The number of ether oxygens (including phenoxy) is 3. The minimum Gasteiger partial charge on any atom is -0.460 e. The maximum absolute atomic E-state index is 12.2. The lowest BCUT2D eigenvalue weighted by Gasteiger charge is -2.12. The van der Waals surface area contributed by atoms with Gasteiger partial charge in [-0.15, -0.1) is 0 Å². The first-order valence-electron chi connectivity index (χ1n) is 8.53. The van der Waals surface area contributed by atoms with Crippen molar-refractivity contribution in [3.05, 3.63) is 71.8 Å². The highest BCUT2D eigenvalue weighted by Gasteiger charge is 2.15. The van der Waals surface area contributed by atoms with Gasteiger partial charge < -0.3 is 19.5 Å². The van der Waals surface area contributed by atoms with Gasteiger partial charge in [-0.1, -0.05) is 30.8 Å². The van der Waals surface area contributed by atoms with Gasteiger partial charge in [0.2, 0.25) is 0 Å². The molecule has 0 saturated carbocycles. The van der Waals surface area contributed by atoms with Crippen LogP contribution in [0.25, 0.3) is 0 Å². The van der Waals surface area contributed by atoms with Gasteiger partial charge >= 0.3 is 18.0 Å². The highest BCUT2D eigenvalue weighted by molar-refractivity contribution is 5.91. The van der Waals surface area contributed by atoms with Crippen LogP contribution in [-0.4, -0.2) is 31.2 Å². The maximum Gasteiger partial charge on any atom is 0.412 e. The average Bonchev–Trinajstić information content (AvgIpc) is 2.67. The summed E-state index contributed by atoms with van der Waals surface area (Å²) in [5.41, 5.74) is 1.46. The molecule has 0 aliphatic carbocycles. The van der Waals surface area contributed by atoms with Crippen molar-refractivity contribution >= 4 is 18.0 Å². The van der Waals surface area contributed by atoms with Crippen LogP contribution in [0.4, 0.5) is 4.79 Å². The minimum absolute atomic E-state index is 0.0234. The average molecular weight is 383 g/mol. The molecule has 0 aromatic heterocycles. The molecule has 0 fully saturated rings. The lowest BCUT2D eigenvalue weighted by Crippen LogP contribution is -2.30. The van der Waals surface area contributed by atoms with Crippen LogP contribution in [0, 0.1) is 6.92 Å². The lowest BCUT2D eigenvalue weighted by molar-refractivity contribution is -0.138. The molecule has 28 heavy (non-hydrogen) atoms. The summed E-state index contributed by atoms with van der Waals surface area (Å²) >= 11 is 0. The summed E-state index contributed by atoms with van der Waals surface area (Å²) in [5, 5.41) is 2.45. The zero-order valence-electron chi connectivity index (χ0n) is 15.7. The van der Waals surface area contributed by atoms with Gasteiger partial charge in [0.05, 0.1) is 12.1 Å². The van der Waals surface area contributed by atoms with E-state index in [2.05, 4.69) is 11.9 Å². The second kappa shape index (κ2) is 9.91. The number of aryl methyl sites for hydroxylation is 1. The molecule has 0 radical (unpaired) electrons. The number of esters is 2. The number of carbonyl (C=O) groups is 3. The summed E-state index contributed by atoms with van der Waals surface area (Å²) in [6, 6.07) is 13.3. The van der Waals surface area contributed by atoms with Crippen molar-refractivity contribution in [3.8, 4) is 11.5 Å². The zero-order chi connectivity index (χ0) is 20.5. The van der Waals surface area contributed by atoms with E-state index in [9.17, 15) is 14.4 Å². The molecular weight excluding hydrogens is 362 g/mol. The molecule has 0 aliphatic rings. The Balaban J connectivity index is 1.96. The van der Waals surface area contributed by atoms with Gasteiger partial charge in [-0.2, -0.15) is 0 Å². The predicted octanol–water partition coefficient (Wildman–Crippen LogP) is 3.42. The first kappa shape index (κ1) is 20.7. The number of carbonyl (C=O) groups excluding carboxylic acids is 3. The van der Waals surface area contributed by atoms with Crippen molar-refractivity contribution in [1.82, 2.24) is 5.32 Å². The number of amides is 1. The third-order valence-electron chi connectivity index (χ3n) is 3.47. The van der Waals surface area contributed by atoms with Gasteiger partial charge in [-0.25, -0.2) is 14.4 Å². The van der Waals surface area contributed by atoms with E-state index in [1.54, 1.807) is 48.5 Å². The Bertz CT molecular complexity index is 876. The summed E-state index contributed by atoms with van der Waals surface area (Å²) in [6.07, 6.45) is -0.769. The zero-order valence-corrected chi connectivity index (χ0v) is 15.7. The maximum atomic E-state index is 12.2. The van der Waals surface area contributed by atoms with E-state index in [1.165, 1.54) is 6.92 Å². The van der Waals surface area contributed by atoms with Gasteiger partial charge in [0.15, 0.2) is 11.5 Å². The van der Waals surface area contributed by atoms with Crippen LogP contribution in [0.2, 0.25) is 0 Å². The number of hydrogen-bond acceptors (Lipinski definition) is 6. The molecule has 7 nitrogen and oxygen atoms in total. The fourth-order valence-electron chi connectivity index (χ4n) is 2.07. The second-order valence-electron chi connectivity index (χ2n) is 5.94. The molecule has 0 heterocycles. The van der Waals surface area contributed by atoms with E-state index in [1.807, 2.05) is 6.92 Å². The third kappa shape index (κ3) is 6.28. The van der Waals surface area contributed by atoms with Crippen molar-refractivity contribution in [3.63, 3.8) is 0 Å². The molecule has 0 unspecified atom stereocenters. The summed E-state index contributed by atoms with van der Waals surface area (Å²) in [7, 11) is 0. The Labute approximate surface area is 162 Å². The van der Waals surface area contributed by atoms with Crippen LogP contribution in [0.3, 0.4) is 0 Å². The minimum atomic E-state index is -0.769. The van der Waals surface area contributed by atoms with Gasteiger partial charge in [-0.3, -0.25) is 0 Å². The van der Waals surface area contributed by atoms with E-state index < -0.39 is 18.0 Å². The van der Waals surface area contributed by atoms with E-state index in [0.29, 0.717) is 5.56 Å². The van der Waals surface area contributed by atoms with Crippen LogP contribution in [-0.2, 0) is 9.53 Å². The first-order chi connectivity index (χ1) is 13.4. The molecule has 0 atom stereocenters. The smallest absolute Gasteiger partial charge is 0.412 e. The molecule has 2 aromatic rings. The largest absolute Gasteiger partial charge is 0.460 e. The molecule has 2 aromatic carbocycles. The Kier molecular flexibility index (Phi) is 7.33.